The second-order valence-electron chi connectivity index (χ2n) is 5.77. The Labute approximate surface area is 128 Å². The van der Waals surface area contributed by atoms with E-state index in [1.165, 1.54) is 27.8 Å². The summed E-state index contributed by atoms with van der Waals surface area (Å²) in [5, 5.41) is 3.61. The topological polar surface area (TPSA) is 21.3 Å². The summed E-state index contributed by atoms with van der Waals surface area (Å²) in [5.41, 5.74) is 6.69. The molecule has 0 spiro atoms. The van der Waals surface area contributed by atoms with E-state index < -0.39 is 0 Å². The molecular weight excluding hydrogens is 258 g/mol. The van der Waals surface area contributed by atoms with E-state index in [0.717, 1.165) is 12.3 Å². The zero-order valence-corrected chi connectivity index (χ0v) is 13.7. The molecule has 21 heavy (non-hydrogen) atoms. The standard InChI is InChI=1S/C19H25NO/c1-13-9-14(2)19(15(3)10-13)16(4)20-12-17-7-6-8-18(11-17)21-5/h6-11,16,20H,12H2,1-5H3. The third-order valence-electron chi connectivity index (χ3n) is 3.92. The fourth-order valence-electron chi connectivity index (χ4n) is 3.03. The van der Waals surface area contributed by atoms with E-state index >= 15 is 0 Å². The van der Waals surface area contributed by atoms with Crippen molar-refractivity contribution >= 4 is 0 Å². The summed E-state index contributed by atoms with van der Waals surface area (Å²) in [5.74, 6) is 0.907. The molecule has 0 saturated carbocycles. The quantitative estimate of drug-likeness (QED) is 0.874. The first-order valence-corrected chi connectivity index (χ1v) is 7.45. The van der Waals surface area contributed by atoms with Gasteiger partial charge in [0.25, 0.3) is 0 Å². The number of benzene rings is 2. The second-order valence-corrected chi connectivity index (χ2v) is 5.77. The third kappa shape index (κ3) is 3.85. The molecule has 2 aromatic rings. The number of ether oxygens (including phenoxy) is 1. The minimum atomic E-state index is 0.330. The molecule has 0 amide bonds. The van der Waals surface area contributed by atoms with Crippen molar-refractivity contribution in [2.45, 2.75) is 40.3 Å². The number of nitrogens with one attached hydrogen (secondary N) is 1. The third-order valence-corrected chi connectivity index (χ3v) is 3.92. The lowest BCUT2D eigenvalue weighted by Crippen LogP contribution is -2.20. The van der Waals surface area contributed by atoms with Crippen LogP contribution in [0.15, 0.2) is 36.4 Å². The lowest BCUT2D eigenvalue weighted by molar-refractivity contribution is 0.414. The van der Waals surface area contributed by atoms with Crippen LogP contribution in [0.5, 0.6) is 5.75 Å². The van der Waals surface area contributed by atoms with Crippen LogP contribution in [0.2, 0.25) is 0 Å². The number of rotatable bonds is 5. The Hall–Kier alpha value is -1.80. The van der Waals surface area contributed by atoms with Gasteiger partial charge in [0.1, 0.15) is 5.75 Å². The summed E-state index contributed by atoms with van der Waals surface area (Å²) < 4.78 is 5.27. The van der Waals surface area contributed by atoms with Crippen LogP contribution >= 0.6 is 0 Å². The van der Waals surface area contributed by atoms with Crippen LogP contribution in [0.4, 0.5) is 0 Å². The van der Waals surface area contributed by atoms with Crippen LogP contribution in [-0.2, 0) is 6.54 Å². The van der Waals surface area contributed by atoms with Crippen molar-refractivity contribution in [2.24, 2.45) is 0 Å². The number of hydrogen-bond donors (Lipinski definition) is 1. The molecule has 0 aliphatic carbocycles. The Morgan fingerprint density at radius 2 is 1.71 bits per heavy atom. The summed E-state index contributed by atoms with van der Waals surface area (Å²) in [6, 6.07) is 13.0. The fourth-order valence-corrected chi connectivity index (χ4v) is 3.03. The van der Waals surface area contributed by atoms with Gasteiger partial charge in [0.05, 0.1) is 7.11 Å². The van der Waals surface area contributed by atoms with E-state index in [1.807, 2.05) is 12.1 Å². The van der Waals surface area contributed by atoms with Crippen molar-refractivity contribution in [3.63, 3.8) is 0 Å². The van der Waals surface area contributed by atoms with E-state index in [9.17, 15) is 0 Å². The van der Waals surface area contributed by atoms with Crippen molar-refractivity contribution in [3.05, 3.63) is 64.2 Å². The van der Waals surface area contributed by atoms with Crippen LogP contribution in [-0.4, -0.2) is 7.11 Å². The minimum absolute atomic E-state index is 0.330. The van der Waals surface area contributed by atoms with Crippen LogP contribution in [0.1, 0.15) is 40.8 Å². The Morgan fingerprint density at radius 1 is 1.05 bits per heavy atom. The van der Waals surface area contributed by atoms with E-state index in [-0.39, 0.29) is 0 Å². The Morgan fingerprint density at radius 3 is 2.33 bits per heavy atom. The average molecular weight is 283 g/mol. The summed E-state index contributed by atoms with van der Waals surface area (Å²) in [7, 11) is 1.70. The molecule has 0 radical (unpaired) electrons. The van der Waals surface area contributed by atoms with Gasteiger partial charge >= 0.3 is 0 Å². The molecule has 0 aromatic heterocycles. The summed E-state index contributed by atoms with van der Waals surface area (Å²) in [4.78, 5) is 0. The van der Waals surface area contributed by atoms with E-state index in [2.05, 4.69) is 57.3 Å². The lowest BCUT2D eigenvalue weighted by atomic mass is 9.95. The predicted molar refractivity (Wildman–Crippen MR) is 88.9 cm³/mol. The fraction of sp³-hybridized carbons (Fsp3) is 0.368. The monoisotopic (exact) mass is 283 g/mol. The van der Waals surface area contributed by atoms with Gasteiger partial charge in [-0.3, -0.25) is 0 Å². The molecule has 0 aliphatic heterocycles. The molecule has 112 valence electrons. The minimum Gasteiger partial charge on any atom is -0.497 e. The van der Waals surface area contributed by atoms with Gasteiger partial charge < -0.3 is 10.1 Å². The smallest absolute Gasteiger partial charge is 0.119 e. The maximum atomic E-state index is 5.27. The zero-order chi connectivity index (χ0) is 15.4. The largest absolute Gasteiger partial charge is 0.497 e. The number of methoxy groups -OCH3 is 1. The van der Waals surface area contributed by atoms with E-state index in [1.54, 1.807) is 7.11 Å². The molecule has 0 heterocycles. The highest BCUT2D eigenvalue weighted by molar-refractivity contribution is 5.39. The first-order valence-electron chi connectivity index (χ1n) is 7.45. The van der Waals surface area contributed by atoms with Gasteiger partial charge in [0, 0.05) is 12.6 Å². The second kappa shape index (κ2) is 6.77. The molecule has 1 N–H and O–H groups in total. The first-order chi connectivity index (χ1) is 10.0. The van der Waals surface area contributed by atoms with Crippen molar-refractivity contribution in [1.29, 1.82) is 0 Å². The number of aryl methyl sites for hydroxylation is 3. The molecule has 0 bridgehead atoms. The van der Waals surface area contributed by atoms with Crippen molar-refractivity contribution < 1.29 is 4.74 Å². The van der Waals surface area contributed by atoms with Gasteiger partial charge in [-0.05, 0) is 62.1 Å². The molecule has 1 atom stereocenters. The summed E-state index contributed by atoms with van der Waals surface area (Å²) in [6.07, 6.45) is 0. The molecule has 2 rings (SSSR count). The molecule has 2 nitrogen and oxygen atoms in total. The average Bonchev–Trinajstić information content (AvgIpc) is 2.44. The molecule has 0 aliphatic rings. The normalized spacial score (nSPS) is 12.2. The summed E-state index contributed by atoms with van der Waals surface area (Å²) >= 11 is 0. The maximum absolute atomic E-state index is 5.27. The van der Waals surface area contributed by atoms with Crippen molar-refractivity contribution in [1.82, 2.24) is 5.32 Å². The first kappa shape index (κ1) is 15.6. The van der Waals surface area contributed by atoms with Gasteiger partial charge in [-0.15, -0.1) is 0 Å². The lowest BCUT2D eigenvalue weighted by Gasteiger charge is -2.20. The summed E-state index contributed by atoms with van der Waals surface area (Å²) in [6.45, 7) is 9.60. The number of hydrogen-bond acceptors (Lipinski definition) is 2. The van der Waals surface area contributed by atoms with Crippen LogP contribution in [0, 0.1) is 20.8 Å². The molecule has 2 heteroatoms. The molecule has 0 saturated heterocycles. The molecule has 2 aromatic carbocycles. The van der Waals surface area contributed by atoms with Crippen molar-refractivity contribution in [3.8, 4) is 5.75 Å². The Kier molecular flexibility index (Phi) is 5.03. The van der Waals surface area contributed by atoms with E-state index in [0.29, 0.717) is 6.04 Å². The van der Waals surface area contributed by atoms with Crippen LogP contribution in [0.3, 0.4) is 0 Å². The molecular formula is C19H25NO. The molecule has 0 fully saturated rings. The van der Waals surface area contributed by atoms with Crippen LogP contribution in [0.25, 0.3) is 0 Å². The molecule has 1 unspecified atom stereocenters. The Bertz CT molecular complexity index is 596. The zero-order valence-electron chi connectivity index (χ0n) is 13.7. The highest BCUT2D eigenvalue weighted by atomic mass is 16.5. The highest BCUT2D eigenvalue weighted by Gasteiger charge is 2.11. The van der Waals surface area contributed by atoms with Gasteiger partial charge in [-0.1, -0.05) is 29.8 Å². The Balaban J connectivity index is 2.10. The highest BCUT2D eigenvalue weighted by Crippen LogP contribution is 2.24. The SMILES string of the molecule is COc1cccc(CNC(C)c2c(C)cc(C)cc2C)c1. The maximum Gasteiger partial charge on any atom is 0.119 e. The van der Waals surface area contributed by atoms with Gasteiger partial charge in [0.2, 0.25) is 0 Å². The van der Waals surface area contributed by atoms with Crippen LogP contribution < -0.4 is 10.1 Å². The predicted octanol–water partition coefficient (Wildman–Crippen LogP) is 4.47. The van der Waals surface area contributed by atoms with Crippen molar-refractivity contribution in [2.75, 3.05) is 7.11 Å². The van der Waals surface area contributed by atoms with Gasteiger partial charge in [-0.2, -0.15) is 0 Å². The van der Waals surface area contributed by atoms with Gasteiger partial charge in [0.15, 0.2) is 0 Å². The van der Waals surface area contributed by atoms with E-state index in [4.69, 9.17) is 4.74 Å². The van der Waals surface area contributed by atoms with Gasteiger partial charge in [-0.25, -0.2) is 0 Å².